The number of aromatic nitrogens is 2. The predicted octanol–water partition coefficient (Wildman–Crippen LogP) is 0.607. The van der Waals surface area contributed by atoms with Gasteiger partial charge in [0.15, 0.2) is 0 Å². The fourth-order valence-corrected chi connectivity index (χ4v) is 0.827. The van der Waals surface area contributed by atoms with Crippen LogP contribution in [0.3, 0.4) is 0 Å². The van der Waals surface area contributed by atoms with Crippen LogP contribution in [0.5, 0.6) is 0 Å². The van der Waals surface area contributed by atoms with E-state index in [1.807, 2.05) is 6.92 Å². The zero-order chi connectivity index (χ0) is 8.97. The van der Waals surface area contributed by atoms with Gasteiger partial charge in [0.05, 0.1) is 11.9 Å². The van der Waals surface area contributed by atoms with Crippen LogP contribution in [0.25, 0.3) is 6.08 Å². The van der Waals surface area contributed by atoms with E-state index in [1.165, 1.54) is 0 Å². The smallest absolute Gasteiger partial charge is 0.221 e. The Labute approximate surface area is 70.5 Å². The normalized spacial score (nSPS) is 10.8. The molecule has 0 spiro atoms. The quantitative estimate of drug-likeness (QED) is 0.688. The number of rotatable bonds is 3. The summed E-state index contributed by atoms with van der Waals surface area (Å²) in [7, 11) is 0. The highest BCUT2D eigenvalue weighted by atomic mass is 16.1. The summed E-state index contributed by atoms with van der Waals surface area (Å²) >= 11 is 0. The van der Waals surface area contributed by atoms with Crippen LogP contribution in [0.1, 0.15) is 17.9 Å². The van der Waals surface area contributed by atoms with Gasteiger partial charge in [-0.1, -0.05) is 6.08 Å². The topological polar surface area (TPSA) is 71.8 Å². The van der Waals surface area contributed by atoms with Gasteiger partial charge in [0.2, 0.25) is 5.91 Å². The summed E-state index contributed by atoms with van der Waals surface area (Å²) < 4.78 is 0. The van der Waals surface area contributed by atoms with E-state index in [9.17, 15) is 4.79 Å². The summed E-state index contributed by atoms with van der Waals surface area (Å²) in [5.41, 5.74) is 5.83. The third-order valence-electron chi connectivity index (χ3n) is 1.34. The molecule has 0 aliphatic heterocycles. The van der Waals surface area contributed by atoms with Gasteiger partial charge in [0, 0.05) is 6.42 Å². The third kappa shape index (κ3) is 2.57. The second kappa shape index (κ2) is 3.71. The van der Waals surface area contributed by atoms with E-state index in [0.29, 0.717) is 0 Å². The number of aryl methyl sites for hydroxylation is 1. The lowest BCUT2D eigenvalue weighted by Gasteiger charge is -1.84. The molecule has 1 amide bonds. The Morgan fingerprint density at radius 1 is 1.83 bits per heavy atom. The maximum Gasteiger partial charge on any atom is 0.221 e. The van der Waals surface area contributed by atoms with Crippen molar-refractivity contribution in [1.29, 1.82) is 0 Å². The van der Waals surface area contributed by atoms with E-state index in [4.69, 9.17) is 5.73 Å². The Bertz CT molecular complexity index is 301. The molecule has 0 atom stereocenters. The van der Waals surface area contributed by atoms with E-state index in [0.717, 1.165) is 11.5 Å². The van der Waals surface area contributed by atoms with E-state index in [-0.39, 0.29) is 12.3 Å². The van der Waals surface area contributed by atoms with Crippen molar-refractivity contribution in [3.8, 4) is 0 Å². The largest absolute Gasteiger partial charge is 0.369 e. The van der Waals surface area contributed by atoms with Crippen molar-refractivity contribution in [2.75, 3.05) is 0 Å². The van der Waals surface area contributed by atoms with Gasteiger partial charge in [-0.2, -0.15) is 0 Å². The summed E-state index contributed by atoms with van der Waals surface area (Å²) in [5, 5.41) is 0. The van der Waals surface area contributed by atoms with Gasteiger partial charge in [0.1, 0.15) is 5.82 Å². The Kier molecular flexibility index (Phi) is 2.63. The number of hydrogen-bond acceptors (Lipinski definition) is 2. The Balaban J connectivity index is 2.52. The summed E-state index contributed by atoms with van der Waals surface area (Å²) in [6, 6.07) is 0. The molecule has 3 N–H and O–H groups in total. The molecule has 0 radical (unpaired) electrons. The number of hydrogen-bond donors (Lipinski definition) is 2. The fourth-order valence-electron chi connectivity index (χ4n) is 0.827. The maximum absolute atomic E-state index is 10.3. The fraction of sp³-hybridized carbons (Fsp3) is 0.250. The maximum atomic E-state index is 10.3. The van der Waals surface area contributed by atoms with Crippen LogP contribution in [0.15, 0.2) is 12.3 Å². The number of H-pyrrole nitrogens is 1. The molecule has 0 saturated carbocycles. The number of primary amides is 1. The number of nitrogens with one attached hydrogen (secondary N) is 1. The molecule has 0 aliphatic rings. The first kappa shape index (κ1) is 8.52. The molecule has 12 heavy (non-hydrogen) atoms. The molecule has 4 heteroatoms. The lowest BCUT2D eigenvalue weighted by atomic mass is 10.3. The highest BCUT2D eigenvalue weighted by Crippen LogP contribution is 1.98. The summed E-state index contributed by atoms with van der Waals surface area (Å²) in [6.07, 6.45) is 5.45. The number of nitrogens with zero attached hydrogens (tertiary/aromatic N) is 1. The average molecular weight is 165 g/mol. The molecule has 0 unspecified atom stereocenters. The summed E-state index contributed by atoms with van der Waals surface area (Å²) in [4.78, 5) is 17.3. The lowest BCUT2D eigenvalue weighted by Crippen LogP contribution is -2.07. The predicted molar refractivity (Wildman–Crippen MR) is 46.2 cm³/mol. The van der Waals surface area contributed by atoms with E-state index in [2.05, 4.69) is 9.97 Å². The molecule has 0 aliphatic carbocycles. The number of nitrogens with two attached hydrogens (primary N) is 1. The first-order chi connectivity index (χ1) is 5.68. The van der Waals surface area contributed by atoms with E-state index < -0.39 is 0 Å². The monoisotopic (exact) mass is 165 g/mol. The minimum atomic E-state index is -0.331. The Morgan fingerprint density at radius 2 is 2.58 bits per heavy atom. The molecule has 0 fully saturated rings. The van der Waals surface area contributed by atoms with Crippen molar-refractivity contribution in [1.82, 2.24) is 9.97 Å². The average Bonchev–Trinajstić information content (AvgIpc) is 2.35. The van der Waals surface area contributed by atoms with Crippen LogP contribution in [-0.2, 0) is 4.79 Å². The van der Waals surface area contributed by atoms with Crippen molar-refractivity contribution in [2.24, 2.45) is 5.73 Å². The molecule has 4 nitrogen and oxygen atoms in total. The number of imidazole rings is 1. The van der Waals surface area contributed by atoms with Crippen molar-refractivity contribution in [3.05, 3.63) is 23.8 Å². The van der Waals surface area contributed by atoms with Crippen LogP contribution in [0, 0.1) is 6.92 Å². The minimum absolute atomic E-state index is 0.262. The van der Waals surface area contributed by atoms with Gasteiger partial charge in [0.25, 0.3) is 0 Å². The standard InChI is InChI=1S/C8H11N3O/c1-6-10-5-7(11-6)3-2-4-8(9)12/h2-3,5H,4H2,1H3,(H2,9,12)(H,10,11). The zero-order valence-corrected chi connectivity index (χ0v) is 6.87. The Hall–Kier alpha value is -1.58. The molecule has 64 valence electrons. The number of aromatic amines is 1. The second-order valence-corrected chi connectivity index (χ2v) is 2.50. The Morgan fingerprint density at radius 3 is 3.08 bits per heavy atom. The highest BCUT2D eigenvalue weighted by Gasteiger charge is 1.91. The van der Waals surface area contributed by atoms with Gasteiger partial charge >= 0.3 is 0 Å². The van der Waals surface area contributed by atoms with E-state index in [1.54, 1.807) is 18.3 Å². The van der Waals surface area contributed by atoms with Crippen LogP contribution in [0.2, 0.25) is 0 Å². The van der Waals surface area contributed by atoms with Crippen LogP contribution >= 0.6 is 0 Å². The number of carbonyl (C=O) groups is 1. The van der Waals surface area contributed by atoms with E-state index >= 15 is 0 Å². The third-order valence-corrected chi connectivity index (χ3v) is 1.34. The summed E-state index contributed by atoms with van der Waals surface area (Å²) in [6.45, 7) is 1.87. The molecule has 0 aromatic carbocycles. The molecule has 1 rings (SSSR count). The van der Waals surface area contributed by atoms with Crippen LogP contribution in [0.4, 0.5) is 0 Å². The van der Waals surface area contributed by atoms with Gasteiger partial charge in [-0.25, -0.2) is 4.98 Å². The molecule has 0 saturated heterocycles. The number of carbonyl (C=O) groups excluding carboxylic acids is 1. The molecular formula is C8H11N3O. The van der Waals surface area contributed by atoms with Crippen molar-refractivity contribution in [3.63, 3.8) is 0 Å². The molecule has 1 heterocycles. The summed E-state index contributed by atoms with van der Waals surface area (Å²) in [5.74, 6) is 0.524. The molecule has 1 aromatic rings. The molecule has 0 bridgehead atoms. The zero-order valence-electron chi connectivity index (χ0n) is 6.87. The van der Waals surface area contributed by atoms with Crippen molar-refractivity contribution in [2.45, 2.75) is 13.3 Å². The first-order valence-electron chi connectivity index (χ1n) is 3.65. The highest BCUT2D eigenvalue weighted by molar-refractivity contribution is 5.76. The number of amides is 1. The second-order valence-electron chi connectivity index (χ2n) is 2.50. The van der Waals surface area contributed by atoms with Gasteiger partial charge in [-0.15, -0.1) is 0 Å². The van der Waals surface area contributed by atoms with Gasteiger partial charge < -0.3 is 10.7 Å². The van der Waals surface area contributed by atoms with Gasteiger partial charge in [-0.3, -0.25) is 4.79 Å². The SMILES string of the molecule is Cc1ncc(C=CCC(N)=O)[nH]1. The lowest BCUT2D eigenvalue weighted by molar-refractivity contribution is -0.117. The van der Waals surface area contributed by atoms with Gasteiger partial charge in [-0.05, 0) is 13.0 Å². The van der Waals surface area contributed by atoms with Crippen LogP contribution in [-0.4, -0.2) is 15.9 Å². The molecular weight excluding hydrogens is 154 g/mol. The molecule has 1 aromatic heterocycles. The minimum Gasteiger partial charge on any atom is -0.369 e. The van der Waals surface area contributed by atoms with Crippen molar-refractivity contribution >= 4 is 12.0 Å². The van der Waals surface area contributed by atoms with Crippen molar-refractivity contribution < 1.29 is 4.79 Å². The van der Waals surface area contributed by atoms with Crippen LogP contribution < -0.4 is 5.73 Å². The first-order valence-corrected chi connectivity index (χ1v) is 3.65.